The zero-order chi connectivity index (χ0) is 11.9. The first-order valence-electron chi connectivity index (χ1n) is 6.73. The van der Waals surface area contributed by atoms with Crippen LogP contribution in [0.15, 0.2) is 24.3 Å². The second-order valence-electron chi connectivity index (χ2n) is 5.76. The molecule has 2 aliphatic rings. The van der Waals surface area contributed by atoms with Gasteiger partial charge in [-0.15, -0.1) is 0 Å². The minimum Gasteiger partial charge on any atom is -0.389 e. The van der Waals surface area contributed by atoms with E-state index in [2.05, 4.69) is 29.6 Å². The lowest BCUT2D eigenvalue weighted by Crippen LogP contribution is -2.57. The predicted octanol–water partition coefficient (Wildman–Crippen LogP) is 2.57. The largest absolute Gasteiger partial charge is 0.389 e. The lowest BCUT2D eigenvalue weighted by molar-refractivity contribution is -0.0564. The highest BCUT2D eigenvalue weighted by Crippen LogP contribution is 2.36. The Hall–Kier alpha value is -0.860. The van der Waals surface area contributed by atoms with Crippen LogP contribution < -0.4 is 5.32 Å². The van der Waals surface area contributed by atoms with Crippen molar-refractivity contribution in [2.75, 3.05) is 0 Å². The Kier molecular flexibility index (Phi) is 2.72. The number of aryl methyl sites for hydroxylation is 1. The average Bonchev–Trinajstić information content (AvgIpc) is 2.35. The van der Waals surface area contributed by atoms with Gasteiger partial charge in [0, 0.05) is 12.1 Å². The van der Waals surface area contributed by atoms with E-state index in [-0.39, 0.29) is 6.04 Å². The van der Waals surface area contributed by atoms with Gasteiger partial charge in [-0.3, -0.25) is 0 Å². The number of fused-ring (bicyclic) bond motifs is 1. The molecule has 17 heavy (non-hydrogen) atoms. The van der Waals surface area contributed by atoms with Gasteiger partial charge in [0.15, 0.2) is 0 Å². The molecule has 3 atom stereocenters. The molecule has 0 amide bonds. The van der Waals surface area contributed by atoms with Gasteiger partial charge in [0.25, 0.3) is 0 Å². The summed E-state index contributed by atoms with van der Waals surface area (Å²) in [6, 6.07) is 9.44. The van der Waals surface area contributed by atoms with E-state index in [4.69, 9.17) is 0 Å². The third-order valence-electron chi connectivity index (χ3n) is 4.46. The summed E-state index contributed by atoms with van der Waals surface area (Å²) in [5.41, 5.74) is 2.43. The minimum atomic E-state index is -0.494. The highest BCUT2D eigenvalue weighted by molar-refractivity contribution is 5.32. The molecule has 2 heteroatoms. The van der Waals surface area contributed by atoms with Gasteiger partial charge in [-0.2, -0.15) is 0 Å². The Labute approximate surface area is 103 Å². The van der Waals surface area contributed by atoms with Crippen molar-refractivity contribution in [3.8, 4) is 0 Å². The van der Waals surface area contributed by atoms with Crippen molar-refractivity contribution in [2.45, 2.75) is 56.7 Å². The summed E-state index contributed by atoms with van der Waals surface area (Å²) in [4.78, 5) is 0. The van der Waals surface area contributed by atoms with Crippen molar-refractivity contribution in [3.05, 3.63) is 35.4 Å². The van der Waals surface area contributed by atoms with Crippen LogP contribution in [0.25, 0.3) is 0 Å². The van der Waals surface area contributed by atoms with E-state index >= 15 is 0 Å². The maximum atomic E-state index is 10.1. The average molecular weight is 231 g/mol. The zero-order valence-electron chi connectivity index (χ0n) is 10.4. The van der Waals surface area contributed by atoms with Gasteiger partial charge < -0.3 is 10.4 Å². The molecule has 0 spiro atoms. The molecule has 3 rings (SSSR count). The maximum Gasteiger partial charge on any atom is 0.0772 e. The first-order chi connectivity index (χ1) is 8.17. The Morgan fingerprint density at radius 2 is 2.12 bits per heavy atom. The van der Waals surface area contributed by atoms with Crippen LogP contribution in [0.3, 0.4) is 0 Å². The molecular formula is C15H21NO. The van der Waals surface area contributed by atoms with Crippen LogP contribution in [-0.4, -0.2) is 16.7 Å². The van der Waals surface area contributed by atoms with Gasteiger partial charge >= 0.3 is 0 Å². The highest BCUT2D eigenvalue weighted by Gasteiger charge is 2.42. The molecule has 1 saturated carbocycles. The fraction of sp³-hybridized carbons (Fsp3) is 0.600. The molecular weight excluding hydrogens is 210 g/mol. The summed E-state index contributed by atoms with van der Waals surface area (Å²) in [5, 5.41) is 13.7. The van der Waals surface area contributed by atoms with Gasteiger partial charge in [0.2, 0.25) is 0 Å². The molecule has 2 aliphatic carbocycles. The van der Waals surface area contributed by atoms with Crippen molar-refractivity contribution in [2.24, 2.45) is 0 Å². The fourth-order valence-electron chi connectivity index (χ4n) is 3.14. The van der Waals surface area contributed by atoms with E-state index < -0.39 is 5.60 Å². The fourth-order valence-corrected chi connectivity index (χ4v) is 3.14. The smallest absolute Gasteiger partial charge is 0.0772 e. The van der Waals surface area contributed by atoms with Gasteiger partial charge in [-0.25, -0.2) is 0 Å². The van der Waals surface area contributed by atoms with Crippen LogP contribution in [-0.2, 0) is 6.42 Å². The number of rotatable bonds is 2. The molecule has 0 saturated heterocycles. The molecule has 1 aromatic rings. The van der Waals surface area contributed by atoms with Gasteiger partial charge in [0.05, 0.1) is 5.60 Å². The summed E-state index contributed by atoms with van der Waals surface area (Å²) >= 11 is 0. The van der Waals surface area contributed by atoms with Crippen molar-refractivity contribution >= 4 is 0 Å². The van der Waals surface area contributed by atoms with Crippen LogP contribution in [0.2, 0.25) is 0 Å². The lowest BCUT2D eigenvalue weighted by Gasteiger charge is -2.45. The van der Waals surface area contributed by atoms with Gasteiger partial charge in [-0.05, 0) is 50.2 Å². The number of benzene rings is 1. The van der Waals surface area contributed by atoms with Crippen molar-refractivity contribution in [1.29, 1.82) is 0 Å². The second kappa shape index (κ2) is 4.11. The van der Waals surface area contributed by atoms with Crippen LogP contribution in [0.5, 0.6) is 0 Å². The van der Waals surface area contributed by atoms with E-state index in [9.17, 15) is 5.11 Å². The summed E-state index contributed by atoms with van der Waals surface area (Å²) in [6.45, 7) is 1.95. The second-order valence-corrected chi connectivity index (χ2v) is 5.76. The highest BCUT2D eigenvalue weighted by atomic mass is 16.3. The molecule has 0 radical (unpaired) electrons. The van der Waals surface area contributed by atoms with E-state index in [1.54, 1.807) is 0 Å². The SMILES string of the molecule is C[C@]1(O)CC[C@@H]1NC1CCCc2ccccc21. The molecule has 0 aliphatic heterocycles. The summed E-state index contributed by atoms with van der Waals surface area (Å²) < 4.78 is 0. The lowest BCUT2D eigenvalue weighted by atomic mass is 9.75. The topological polar surface area (TPSA) is 32.3 Å². The summed E-state index contributed by atoms with van der Waals surface area (Å²) in [5.74, 6) is 0. The van der Waals surface area contributed by atoms with Gasteiger partial charge in [0.1, 0.15) is 0 Å². The normalized spacial score (nSPS) is 36.1. The number of hydrogen-bond acceptors (Lipinski definition) is 2. The van der Waals surface area contributed by atoms with Crippen LogP contribution in [0, 0.1) is 0 Å². The Balaban J connectivity index is 1.77. The third kappa shape index (κ3) is 2.00. The summed E-state index contributed by atoms with van der Waals surface area (Å²) in [6.07, 6.45) is 5.69. The van der Waals surface area contributed by atoms with E-state index in [0.717, 1.165) is 12.8 Å². The van der Waals surface area contributed by atoms with Crippen LogP contribution in [0.4, 0.5) is 0 Å². The van der Waals surface area contributed by atoms with E-state index in [1.807, 2.05) is 6.92 Å². The molecule has 2 N–H and O–H groups in total. The molecule has 2 nitrogen and oxygen atoms in total. The number of nitrogens with one attached hydrogen (secondary N) is 1. The molecule has 0 heterocycles. The van der Waals surface area contributed by atoms with Crippen molar-refractivity contribution < 1.29 is 5.11 Å². The van der Waals surface area contributed by atoms with E-state index in [0.29, 0.717) is 6.04 Å². The molecule has 0 aromatic heterocycles. The number of aliphatic hydroxyl groups is 1. The van der Waals surface area contributed by atoms with Gasteiger partial charge in [-0.1, -0.05) is 24.3 Å². The van der Waals surface area contributed by atoms with Crippen LogP contribution in [0.1, 0.15) is 49.8 Å². The van der Waals surface area contributed by atoms with Crippen molar-refractivity contribution in [1.82, 2.24) is 5.32 Å². The summed E-state index contributed by atoms with van der Waals surface area (Å²) in [7, 11) is 0. The molecule has 1 aromatic carbocycles. The quantitative estimate of drug-likeness (QED) is 0.820. The Morgan fingerprint density at radius 1 is 1.29 bits per heavy atom. The Morgan fingerprint density at radius 3 is 2.82 bits per heavy atom. The maximum absolute atomic E-state index is 10.1. The monoisotopic (exact) mass is 231 g/mol. The first-order valence-corrected chi connectivity index (χ1v) is 6.73. The zero-order valence-corrected chi connectivity index (χ0v) is 10.4. The first kappa shape index (κ1) is 11.2. The Bertz CT molecular complexity index is 413. The predicted molar refractivity (Wildman–Crippen MR) is 68.9 cm³/mol. The standard InChI is InChI=1S/C15H21NO/c1-15(17)10-9-14(15)16-13-8-4-6-11-5-2-3-7-12(11)13/h2-3,5,7,13-14,16-17H,4,6,8-10H2,1H3/t13?,14-,15-/m0/s1. The van der Waals surface area contributed by atoms with Crippen LogP contribution >= 0.6 is 0 Å². The molecule has 0 bridgehead atoms. The third-order valence-corrected chi connectivity index (χ3v) is 4.46. The molecule has 1 unspecified atom stereocenters. The van der Waals surface area contributed by atoms with E-state index in [1.165, 1.54) is 30.4 Å². The molecule has 1 fully saturated rings. The molecule has 92 valence electrons. The van der Waals surface area contributed by atoms with Crippen molar-refractivity contribution in [3.63, 3.8) is 0 Å². The number of hydrogen-bond donors (Lipinski definition) is 2. The minimum absolute atomic E-state index is 0.277.